The van der Waals surface area contributed by atoms with Crippen LogP contribution in [0.15, 0.2) is 0 Å². The first-order chi connectivity index (χ1) is 8.98. The molecule has 1 aliphatic rings. The first-order valence-electron chi connectivity index (χ1n) is 7.71. The highest BCUT2D eigenvalue weighted by Gasteiger charge is 2.26. The fourth-order valence-electron chi connectivity index (χ4n) is 2.67. The smallest absolute Gasteiger partial charge is 0.236 e. The van der Waals surface area contributed by atoms with Gasteiger partial charge in [-0.15, -0.1) is 0 Å². The van der Waals surface area contributed by atoms with Crippen molar-refractivity contribution in [1.29, 1.82) is 0 Å². The summed E-state index contributed by atoms with van der Waals surface area (Å²) in [6, 6.07) is 0. The molecule has 1 heterocycles. The van der Waals surface area contributed by atoms with Crippen molar-refractivity contribution in [2.75, 3.05) is 32.7 Å². The molecule has 1 atom stereocenters. The molecule has 1 saturated heterocycles. The lowest BCUT2D eigenvalue weighted by atomic mass is 9.98. The second-order valence-corrected chi connectivity index (χ2v) is 6.01. The van der Waals surface area contributed by atoms with Crippen molar-refractivity contribution >= 4 is 5.91 Å². The Kier molecular flexibility index (Phi) is 6.80. The van der Waals surface area contributed by atoms with Crippen LogP contribution in [0.4, 0.5) is 0 Å². The zero-order chi connectivity index (χ0) is 14.3. The van der Waals surface area contributed by atoms with E-state index < -0.39 is 5.60 Å². The monoisotopic (exact) mass is 270 g/mol. The third-order valence-corrected chi connectivity index (χ3v) is 3.85. The summed E-state index contributed by atoms with van der Waals surface area (Å²) in [6.45, 7) is 10.1. The summed E-state index contributed by atoms with van der Waals surface area (Å²) in [5, 5.41) is 10.1. The van der Waals surface area contributed by atoms with Gasteiger partial charge in [0, 0.05) is 19.6 Å². The van der Waals surface area contributed by atoms with E-state index in [9.17, 15) is 9.90 Å². The summed E-state index contributed by atoms with van der Waals surface area (Å²) in [7, 11) is 0. The molecule has 0 aromatic heterocycles. The van der Waals surface area contributed by atoms with Gasteiger partial charge in [0.25, 0.3) is 0 Å². The maximum absolute atomic E-state index is 12.3. The first-order valence-corrected chi connectivity index (χ1v) is 7.71. The number of carbonyl (C=O) groups excluding carboxylic acids is 1. The van der Waals surface area contributed by atoms with Crippen LogP contribution < -0.4 is 0 Å². The van der Waals surface area contributed by atoms with Crippen LogP contribution in [0.25, 0.3) is 0 Å². The van der Waals surface area contributed by atoms with Gasteiger partial charge in [0.15, 0.2) is 0 Å². The molecule has 1 rings (SSSR count). The van der Waals surface area contributed by atoms with E-state index in [4.69, 9.17) is 0 Å². The van der Waals surface area contributed by atoms with Crippen LogP contribution in [-0.4, -0.2) is 59.1 Å². The number of rotatable bonds is 6. The van der Waals surface area contributed by atoms with Gasteiger partial charge >= 0.3 is 0 Å². The molecule has 1 amide bonds. The van der Waals surface area contributed by atoms with Crippen molar-refractivity contribution in [3.8, 4) is 0 Å². The van der Waals surface area contributed by atoms with E-state index in [-0.39, 0.29) is 5.91 Å². The predicted molar refractivity (Wildman–Crippen MR) is 78.1 cm³/mol. The molecule has 112 valence electrons. The van der Waals surface area contributed by atoms with Gasteiger partial charge in [0.1, 0.15) is 0 Å². The van der Waals surface area contributed by atoms with Gasteiger partial charge < -0.3 is 10.0 Å². The van der Waals surface area contributed by atoms with Gasteiger partial charge in [0.2, 0.25) is 5.91 Å². The fourth-order valence-corrected chi connectivity index (χ4v) is 2.67. The highest BCUT2D eigenvalue weighted by Crippen LogP contribution is 2.21. The van der Waals surface area contributed by atoms with Gasteiger partial charge in [-0.05, 0) is 45.6 Å². The van der Waals surface area contributed by atoms with Crippen molar-refractivity contribution < 1.29 is 9.90 Å². The fraction of sp³-hybridized carbons (Fsp3) is 0.933. The molecule has 1 aliphatic heterocycles. The topological polar surface area (TPSA) is 43.8 Å². The van der Waals surface area contributed by atoms with Crippen molar-refractivity contribution in [1.82, 2.24) is 9.80 Å². The molecular formula is C15H30N2O2. The lowest BCUT2D eigenvalue weighted by Crippen LogP contribution is -2.41. The maximum atomic E-state index is 12.3. The van der Waals surface area contributed by atoms with E-state index in [0.717, 1.165) is 58.3 Å². The van der Waals surface area contributed by atoms with Crippen LogP contribution >= 0.6 is 0 Å². The molecule has 1 fully saturated rings. The molecule has 0 aromatic carbocycles. The van der Waals surface area contributed by atoms with Crippen LogP contribution in [0, 0.1) is 0 Å². The lowest BCUT2D eigenvalue weighted by molar-refractivity contribution is -0.132. The van der Waals surface area contributed by atoms with E-state index in [0.29, 0.717) is 6.54 Å². The van der Waals surface area contributed by atoms with E-state index in [2.05, 4.69) is 18.7 Å². The van der Waals surface area contributed by atoms with Gasteiger partial charge in [-0.25, -0.2) is 0 Å². The Hall–Kier alpha value is -0.610. The lowest BCUT2D eigenvalue weighted by Gasteiger charge is -2.26. The molecule has 0 radical (unpaired) electrons. The standard InChI is InChI=1S/C15H30N2O2/c1-4-9-17(10-5-2)14(18)13-16-11-6-7-15(3,19)8-12-16/h19H,4-13H2,1-3H3. The molecule has 0 aliphatic carbocycles. The molecular weight excluding hydrogens is 240 g/mol. The van der Waals surface area contributed by atoms with Crippen LogP contribution in [0.2, 0.25) is 0 Å². The Morgan fingerprint density at radius 1 is 1.21 bits per heavy atom. The Bertz CT molecular complexity index is 273. The van der Waals surface area contributed by atoms with Crippen LogP contribution in [0.3, 0.4) is 0 Å². The maximum Gasteiger partial charge on any atom is 0.236 e. The summed E-state index contributed by atoms with van der Waals surface area (Å²) in [5.74, 6) is 0.241. The Balaban J connectivity index is 2.46. The molecule has 4 heteroatoms. The highest BCUT2D eigenvalue weighted by molar-refractivity contribution is 5.78. The first kappa shape index (κ1) is 16.4. The minimum atomic E-state index is -0.551. The summed E-state index contributed by atoms with van der Waals surface area (Å²) < 4.78 is 0. The van der Waals surface area contributed by atoms with E-state index in [1.165, 1.54) is 0 Å². The summed E-state index contributed by atoms with van der Waals surface area (Å²) in [6.07, 6.45) is 4.61. The summed E-state index contributed by atoms with van der Waals surface area (Å²) >= 11 is 0. The zero-order valence-corrected chi connectivity index (χ0v) is 12.8. The summed E-state index contributed by atoms with van der Waals surface area (Å²) in [4.78, 5) is 16.5. The molecule has 0 bridgehead atoms. The third-order valence-electron chi connectivity index (χ3n) is 3.85. The quantitative estimate of drug-likeness (QED) is 0.801. The Morgan fingerprint density at radius 3 is 2.42 bits per heavy atom. The number of aliphatic hydroxyl groups is 1. The number of hydrogen-bond acceptors (Lipinski definition) is 3. The van der Waals surface area contributed by atoms with Crippen LogP contribution in [0.5, 0.6) is 0 Å². The van der Waals surface area contributed by atoms with Gasteiger partial charge in [-0.1, -0.05) is 13.8 Å². The number of likely N-dealkylation sites (tertiary alicyclic amines) is 1. The third kappa shape index (κ3) is 5.91. The molecule has 1 unspecified atom stereocenters. The second kappa shape index (κ2) is 7.85. The summed E-state index contributed by atoms with van der Waals surface area (Å²) in [5.41, 5.74) is -0.551. The van der Waals surface area contributed by atoms with Crippen molar-refractivity contribution in [2.45, 2.75) is 58.5 Å². The average molecular weight is 270 g/mol. The van der Waals surface area contributed by atoms with E-state index in [1.807, 2.05) is 11.8 Å². The van der Waals surface area contributed by atoms with Crippen molar-refractivity contribution in [2.24, 2.45) is 0 Å². The largest absolute Gasteiger partial charge is 0.390 e. The van der Waals surface area contributed by atoms with Gasteiger partial charge in [0.05, 0.1) is 12.1 Å². The van der Waals surface area contributed by atoms with E-state index >= 15 is 0 Å². The highest BCUT2D eigenvalue weighted by atomic mass is 16.3. The Labute approximate surface area is 117 Å². The molecule has 0 saturated carbocycles. The molecule has 4 nitrogen and oxygen atoms in total. The van der Waals surface area contributed by atoms with Gasteiger partial charge in [-0.3, -0.25) is 9.69 Å². The average Bonchev–Trinajstić information content (AvgIpc) is 2.51. The Morgan fingerprint density at radius 2 is 1.84 bits per heavy atom. The van der Waals surface area contributed by atoms with Gasteiger partial charge in [-0.2, -0.15) is 0 Å². The van der Waals surface area contributed by atoms with Crippen molar-refractivity contribution in [3.63, 3.8) is 0 Å². The molecule has 1 N–H and O–H groups in total. The minimum Gasteiger partial charge on any atom is -0.390 e. The molecule has 19 heavy (non-hydrogen) atoms. The number of carbonyl (C=O) groups is 1. The van der Waals surface area contributed by atoms with Crippen LogP contribution in [0.1, 0.15) is 52.9 Å². The normalized spacial score (nSPS) is 25.1. The predicted octanol–water partition coefficient (Wildman–Crippen LogP) is 1.87. The molecule has 0 spiro atoms. The number of hydrogen-bond donors (Lipinski definition) is 1. The van der Waals surface area contributed by atoms with Crippen molar-refractivity contribution in [3.05, 3.63) is 0 Å². The van der Waals surface area contributed by atoms with E-state index in [1.54, 1.807) is 0 Å². The SMILES string of the molecule is CCCN(CCC)C(=O)CN1CCCC(C)(O)CC1. The minimum absolute atomic E-state index is 0.241. The van der Waals surface area contributed by atoms with Crippen LogP contribution in [-0.2, 0) is 4.79 Å². The zero-order valence-electron chi connectivity index (χ0n) is 12.8. The number of nitrogens with zero attached hydrogens (tertiary/aromatic N) is 2. The second-order valence-electron chi connectivity index (χ2n) is 6.01. The number of amides is 1. The molecule has 0 aromatic rings.